The number of hydrogen-bond donors (Lipinski definition) is 2. The molecule has 0 radical (unpaired) electrons. The van der Waals surface area contributed by atoms with Crippen LogP contribution in [-0.2, 0) is 4.79 Å². The molecule has 0 aromatic heterocycles. The summed E-state index contributed by atoms with van der Waals surface area (Å²) in [6.07, 6.45) is 1.85. The van der Waals surface area contributed by atoms with Crippen molar-refractivity contribution in [2.75, 3.05) is 0 Å². The zero-order valence-corrected chi connectivity index (χ0v) is 10.7. The molecule has 1 aromatic carbocycles. The Kier molecular flexibility index (Phi) is 3.61. The predicted molar refractivity (Wildman–Crippen MR) is 69.5 cm³/mol. The highest BCUT2D eigenvalue weighted by molar-refractivity contribution is 6.18. The number of phenols is 1. The first kappa shape index (κ1) is 13.3. The highest BCUT2D eigenvalue weighted by atomic mass is 16.3. The van der Waals surface area contributed by atoms with Crippen molar-refractivity contribution in [2.45, 2.75) is 27.7 Å². The number of nitrogens with two attached hydrogens (primary N) is 1. The van der Waals surface area contributed by atoms with Gasteiger partial charge in [0.1, 0.15) is 5.75 Å². The molecule has 17 heavy (non-hydrogen) atoms. The maximum absolute atomic E-state index is 11.5. The maximum atomic E-state index is 11.5. The van der Waals surface area contributed by atoms with Crippen LogP contribution < -0.4 is 5.73 Å². The molecule has 0 saturated heterocycles. The van der Waals surface area contributed by atoms with Crippen molar-refractivity contribution in [1.82, 2.24) is 0 Å². The number of rotatable bonds is 2. The van der Waals surface area contributed by atoms with E-state index in [-0.39, 0.29) is 11.2 Å². The van der Waals surface area contributed by atoms with E-state index in [0.29, 0.717) is 5.57 Å². The van der Waals surface area contributed by atoms with Gasteiger partial charge in [-0.1, -0.05) is 32.9 Å². The summed E-state index contributed by atoms with van der Waals surface area (Å²) >= 11 is 0. The SMILES string of the molecule is Cc1cc(C(=CC(C)(C)C)C(N)=O)ccc1O. The Morgan fingerprint density at radius 3 is 2.35 bits per heavy atom. The fraction of sp³-hybridized carbons (Fsp3) is 0.357. The topological polar surface area (TPSA) is 63.3 Å². The zero-order chi connectivity index (χ0) is 13.2. The fourth-order valence-corrected chi connectivity index (χ4v) is 1.55. The molecule has 0 atom stereocenters. The van der Waals surface area contributed by atoms with E-state index in [1.807, 2.05) is 26.8 Å². The molecule has 3 heteroatoms. The van der Waals surface area contributed by atoms with Gasteiger partial charge >= 0.3 is 0 Å². The van der Waals surface area contributed by atoms with Crippen molar-refractivity contribution >= 4 is 11.5 Å². The van der Waals surface area contributed by atoms with Gasteiger partial charge in [-0.05, 0) is 35.6 Å². The van der Waals surface area contributed by atoms with Gasteiger partial charge in [-0.25, -0.2) is 0 Å². The lowest BCUT2D eigenvalue weighted by Crippen LogP contribution is -2.15. The molecule has 0 fully saturated rings. The molecule has 0 spiro atoms. The van der Waals surface area contributed by atoms with Gasteiger partial charge in [0.05, 0.1) is 0 Å². The molecule has 0 aliphatic rings. The first-order valence-corrected chi connectivity index (χ1v) is 5.53. The van der Waals surface area contributed by atoms with Crippen LogP contribution in [0.5, 0.6) is 5.75 Å². The van der Waals surface area contributed by atoms with Crippen LogP contribution in [0.3, 0.4) is 0 Å². The van der Waals surface area contributed by atoms with Crippen molar-refractivity contribution in [3.8, 4) is 5.75 Å². The Morgan fingerprint density at radius 1 is 1.35 bits per heavy atom. The number of carbonyl (C=O) groups is 1. The van der Waals surface area contributed by atoms with Crippen molar-refractivity contribution in [3.63, 3.8) is 0 Å². The Hall–Kier alpha value is -1.77. The average molecular weight is 233 g/mol. The number of aromatic hydroxyl groups is 1. The number of aryl methyl sites for hydroxylation is 1. The molecule has 3 N–H and O–H groups in total. The number of phenolic OH excluding ortho intramolecular Hbond substituents is 1. The highest BCUT2D eigenvalue weighted by Gasteiger charge is 2.15. The molecule has 0 heterocycles. The van der Waals surface area contributed by atoms with Gasteiger partial charge in [-0.2, -0.15) is 0 Å². The largest absolute Gasteiger partial charge is 0.508 e. The Labute approximate surface area is 102 Å². The van der Waals surface area contributed by atoms with Gasteiger partial charge in [0.25, 0.3) is 0 Å². The number of primary amides is 1. The summed E-state index contributed by atoms with van der Waals surface area (Å²) < 4.78 is 0. The lowest BCUT2D eigenvalue weighted by atomic mass is 9.90. The molecule has 0 aliphatic heterocycles. The van der Waals surface area contributed by atoms with Crippen LogP contribution in [0, 0.1) is 12.3 Å². The molecular formula is C14H19NO2. The van der Waals surface area contributed by atoms with Crippen molar-refractivity contribution in [2.24, 2.45) is 11.1 Å². The second kappa shape index (κ2) is 4.62. The average Bonchev–Trinajstić information content (AvgIpc) is 2.17. The van der Waals surface area contributed by atoms with Crippen LogP contribution in [0.4, 0.5) is 0 Å². The maximum Gasteiger partial charge on any atom is 0.249 e. The van der Waals surface area contributed by atoms with E-state index >= 15 is 0 Å². The van der Waals surface area contributed by atoms with Crippen LogP contribution in [0.2, 0.25) is 0 Å². The first-order chi connectivity index (χ1) is 7.70. The van der Waals surface area contributed by atoms with E-state index in [0.717, 1.165) is 11.1 Å². The Balaban J connectivity index is 3.29. The number of benzene rings is 1. The van der Waals surface area contributed by atoms with Crippen LogP contribution >= 0.6 is 0 Å². The second-order valence-electron chi connectivity index (χ2n) is 5.29. The molecule has 1 amide bonds. The lowest BCUT2D eigenvalue weighted by Gasteiger charge is -2.15. The second-order valence-corrected chi connectivity index (χ2v) is 5.29. The van der Waals surface area contributed by atoms with Gasteiger partial charge in [0.15, 0.2) is 0 Å². The lowest BCUT2D eigenvalue weighted by molar-refractivity contribution is -0.112. The summed E-state index contributed by atoms with van der Waals surface area (Å²) in [5.74, 6) is -0.238. The number of hydrogen-bond acceptors (Lipinski definition) is 2. The third kappa shape index (κ3) is 3.63. The van der Waals surface area contributed by atoms with E-state index in [2.05, 4.69) is 0 Å². The van der Waals surface area contributed by atoms with E-state index in [9.17, 15) is 9.90 Å². The van der Waals surface area contributed by atoms with Gasteiger partial charge in [0, 0.05) is 5.57 Å². The van der Waals surface area contributed by atoms with Crippen molar-refractivity contribution in [1.29, 1.82) is 0 Å². The monoisotopic (exact) mass is 233 g/mol. The number of amides is 1. The van der Waals surface area contributed by atoms with Crippen LogP contribution in [0.1, 0.15) is 31.9 Å². The minimum atomic E-state index is -0.454. The molecular weight excluding hydrogens is 214 g/mol. The minimum Gasteiger partial charge on any atom is -0.508 e. The van der Waals surface area contributed by atoms with E-state index < -0.39 is 5.91 Å². The zero-order valence-electron chi connectivity index (χ0n) is 10.7. The van der Waals surface area contributed by atoms with E-state index in [1.165, 1.54) is 0 Å². The molecule has 0 bridgehead atoms. The van der Waals surface area contributed by atoms with Gasteiger partial charge < -0.3 is 10.8 Å². The van der Waals surface area contributed by atoms with Gasteiger partial charge in [-0.3, -0.25) is 4.79 Å². The standard InChI is InChI=1S/C14H19NO2/c1-9-7-10(5-6-12(9)16)11(13(15)17)8-14(2,3)4/h5-8,16H,1-4H3,(H2,15,17). The van der Waals surface area contributed by atoms with Gasteiger partial charge in [0.2, 0.25) is 5.91 Å². The molecule has 1 aromatic rings. The van der Waals surface area contributed by atoms with Crippen LogP contribution in [-0.4, -0.2) is 11.0 Å². The smallest absolute Gasteiger partial charge is 0.249 e. The Morgan fingerprint density at radius 2 is 1.94 bits per heavy atom. The number of carbonyl (C=O) groups excluding carboxylic acids is 1. The molecule has 1 rings (SSSR count). The molecule has 92 valence electrons. The normalized spacial score (nSPS) is 12.6. The van der Waals surface area contributed by atoms with Crippen LogP contribution in [0.25, 0.3) is 5.57 Å². The summed E-state index contributed by atoms with van der Waals surface area (Å²) in [6, 6.07) is 5.03. The summed E-state index contributed by atoms with van der Waals surface area (Å²) in [4.78, 5) is 11.5. The summed E-state index contributed by atoms with van der Waals surface area (Å²) in [5, 5.41) is 9.46. The number of allylic oxidation sites excluding steroid dienone is 1. The van der Waals surface area contributed by atoms with Crippen molar-refractivity contribution < 1.29 is 9.90 Å². The predicted octanol–water partition coefficient (Wildman–Crippen LogP) is 2.62. The third-order valence-corrected chi connectivity index (χ3v) is 2.35. The molecule has 0 unspecified atom stereocenters. The van der Waals surface area contributed by atoms with Crippen molar-refractivity contribution in [3.05, 3.63) is 35.4 Å². The summed E-state index contributed by atoms with van der Waals surface area (Å²) in [6.45, 7) is 7.80. The third-order valence-electron chi connectivity index (χ3n) is 2.35. The molecule has 0 saturated carbocycles. The first-order valence-electron chi connectivity index (χ1n) is 5.53. The van der Waals surface area contributed by atoms with E-state index in [1.54, 1.807) is 25.1 Å². The molecule has 0 aliphatic carbocycles. The summed E-state index contributed by atoms with van der Waals surface area (Å²) in [7, 11) is 0. The Bertz CT molecular complexity index is 468. The highest BCUT2D eigenvalue weighted by Crippen LogP contribution is 2.26. The molecule has 3 nitrogen and oxygen atoms in total. The quantitative estimate of drug-likeness (QED) is 0.771. The fourth-order valence-electron chi connectivity index (χ4n) is 1.55. The summed E-state index contributed by atoms with van der Waals surface area (Å²) in [5.41, 5.74) is 7.22. The van der Waals surface area contributed by atoms with E-state index in [4.69, 9.17) is 5.73 Å². The van der Waals surface area contributed by atoms with Crippen LogP contribution in [0.15, 0.2) is 24.3 Å². The minimum absolute atomic E-state index is 0.129. The van der Waals surface area contributed by atoms with Gasteiger partial charge in [-0.15, -0.1) is 0 Å².